The highest BCUT2D eigenvalue weighted by atomic mass is 32.1. The van der Waals surface area contributed by atoms with Crippen LogP contribution in [0.25, 0.3) is 0 Å². The Bertz CT molecular complexity index is 446. The fourth-order valence-electron chi connectivity index (χ4n) is 4.04. The van der Waals surface area contributed by atoms with Crippen molar-refractivity contribution >= 4 is 11.3 Å². The molecule has 1 aromatic heterocycles. The summed E-state index contributed by atoms with van der Waals surface area (Å²) in [6, 6.07) is 0. The van der Waals surface area contributed by atoms with Crippen molar-refractivity contribution in [2.45, 2.75) is 77.0 Å². The highest BCUT2D eigenvalue weighted by Crippen LogP contribution is 2.42. The van der Waals surface area contributed by atoms with Crippen molar-refractivity contribution in [1.29, 1.82) is 0 Å². The third-order valence-corrected chi connectivity index (χ3v) is 6.79. The Labute approximate surface area is 133 Å². The SMILES string of the molecule is CCNCC1CCCc2sc(C3CCC(CC)CC3)nc21. The van der Waals surface area contributed by atoms with E-state index in [-0.39, 0.29) is 0 Å². The molecule has 0 bridgehead atoms. The summed E-state index contributed by atoms with van der Waals surface area (Å²) in [5.74, 6) is 2.42. The van der Waals surface area contributed by atoms with E-state index in [0.29, 0.717) is 5.92 Å². The van der Waals surface area contributed by atoms with Crippen molar-refractivity contribution in [3.8, 4) is 0 Å². The van der Waals surface area contributed by atoms with Crippen LogP contribution in [-0.4, -0.2) is 18.1 Å². The summed E-state index contributed by atoms with van der Waals surface area (Å²) in [6.45, 7) is 6.74. The first-order chi connectivity index (χ1) is 10.3. The standard InChI is InChI=1S/C18H30N2S/c1-3-13-8-10-14(11-9-13)18-20-17-15(12-19-4-2)6-5-7-16(17)21-18/h13-15,19H,3-12H2,1-2H3. The van der Waals surface area contributed by atoms with E-state index in [4.69, 9.17) is 4.98 Å². The molecule has 0 saturated heterocycles. The lowest BCUT2D eigenvalue weighted by molar-refractivity contribution is 0.318. The maximum Gasteiger partial charge on any atom is 0.0962 e. The number of nitrogens with one attached hydrogen (secondary N) is 1. The van der Waals surface area contributed by atoms with Gasteiger partial charge in [-0.05, 0) is 57.4 Å². The summed E-state index contributed by atoms with van der Waals surface area (Å²) < 4.78 is 0. The normalized spacial score (nSPS) is 29.3. The van der Waals surface area contributed by atoms with Gasteiger partial charge in [0.25, 0.3) is 0 Å². The predicted octanol–water partition coefficient (Wildman–Crippen LogP) is 4.86. The van der Waals surface area contributed by atoms with Crippen molar-refractivity contribution in [2.24, 2.45) is 5.92 Å². The Morgan fingerprint density at radius 1 is 1.14 bits per heavy atom. The molecule has 0 spiro atoms. The van der Waals surface area contributed by atoms with Crippen LogP contribution in [0.3, 0.4) is 0 Å². The minimum absolute atomic E-state index is 0.672. The maximum atomic E-state index is 5.14. The average molecular weight is 307 g/mol. The number of nitrogens with zero attached hydrogens (tertiary/aromatic N) is 1. The van der Waals surface area contributed by atoms with E-state index in [1.54, 1.807) is 4.88 Å². The van der Waals surface area contributed by atoms with Crippen LogP contribution in [0.4, 0.5) is 0 Å². The van der Waals surface area contributed by atoms with Crippen molar-refractivity contribution in [3.05, 3.63) is 15.6 Å². The lowest BCUT2D eigenvalue weighted by Crippen LogP contribution is -2.24. The molecule has 3 rings (SSSR count). The van der Waals surface area contributed by atoms with Gasteiger partial charge in [-0.15, -0.1) is 11.3 Å². The van der Waals surface area contributed by atoms with Gasteiger partial charge in [0.2, 0.25) is 0 Å². The number of rotatable bonds is 5. The highest BCUT2D eigenvalue weighted by molar-refractivity contribution is 7.11. The second-order valence-electron chi connectivity index (χ2n) is 6.88. The second-order valence-corrected chi connectivity index (χ2v) is 8.00. The summed E-state index contributed by atoms with van der Waals surface area (Å²) in [7, 11) is 0. The largest absolute Gasteiger partial charge is 0.316 e. The first-order valence-electron chi connectivity index (χ1n) is 9.02. The van der Waals surface area contributed by atoms with Gasteiger partial charge in [-0.25, -0.2) is 4.98 Å². The zero-order chi connectivity index (χ0) is 14.7. The van der Waals surface area contributed by atoms with Crippen LogP contribution in [0, 0.1) is 5.92 Å². The molecule has 1 fully saturated rings. The lowest BCUT2D eigenvalue weighted by Gasteiger charge is -2.26. The van der Waals surface area contributed by atoms with Crippen LogP contribution in [0.1, 0.15) is 86.2 Å². The van der Waals surface area contributed by atoms with Gasteiger partial charge in [-0.1, -0.05) is 20.3 Å². The quantitative estimate of drug-likeness (QED) is 0.840. The number of thiazole rings is 1. The molecule has 1 atom stereocenters. The molecule has 1 aromatic rings. The Morgan fingerprint density at radius 2 is 1.95 bits per heavy atom. The number of aromatic nitrogens is 1. The van der Waals surface area contributed by atoms with Gasteiger partial charge in [0.05, 0.1) is 10.7 Å². The first-order valence-corrected chi connectivity index (χ1v) is 9.83. The van der Waals surface area contributed by atoms with Gasteiger partial charge >= 0.3 is 0 Å². The van der Waals surface area contributed by atoms with Gasteiger partial charge in [-0.2, -0.15) is 0 Å². The molecule has 118 valence electrons. The van der Waals surface area contributed by atoms with Crippen LogP contribution in [0.15, 0.2) is 0 Å². The molecule has 1 unspecified atom stereocenters. The zero-order valence-corrected chi connectivity index (χ0v) is 14.5. The van der Waals surface area contributed by atoms with Crippen LogP contribution in [0.2, 0.25) is 0 Å². The molecule has 0 aromatic carbocycles. The molecule has 1 N–H and O–H groups in total. The van der Waals surface area contributed by atoms with Crippen LogP contribution in [-0.2, 0) is 6.42 Å². The van der Waals surface area contributed by atoms with Gasteiger partial charge < -0.3 is 5.32 Å². The average Bonchev–Trinajstić information content (AvgIpc) is 2.97. The fourth-order valence-corrected chi connectivity index (χ4v) is 5.40. The van der Waals surface area contributed by atoms with Gasteiger partial charge in [0.1, 0.15) is 0 Å². The molecule has 3 heteroatoms. The number of fused-ring (bicyclic) bond motifs is 1. The molecule has 2 nitrogen and oxygen atoms in total. The monoisotopic (exact) mass is 306 g/mol. The molecular weight excluding hydrogens is 276 g/mol. The lowest BCUT2D eigenvalue weighted by atomic mass is 9.81. The van der Waals surface area contributed by atoms with Crippen LogP contribution in [0.5, 0.6) is 0 Å². The maximum absolute atomic E-state index is 5.14. The zero-order valence-electron chi connectivity index (χ0n) is 13.7. The molecule has 0 aliphatic heterocycles. The third kappa shape index (κ3) is 3.50. The van der Waals surface area contributed by atoms with Crippen molar-refractivity contribution < 1.29 is 0 Å². The van der Waals surface area contributed by atoms with E-state index < -0.39 is 0 Å². The van der Waals surface area contributed by atoms with E-state index in [1.165, 1.54) is 62.1 Å². The molecule has 2 aliphatic carbocycles. The van der Waals surface area contributed by atoms with Gasteiger partial charge in [0.15, 0.2) is 0 Å². The predicted molar refractivity (Wildman–Crippen MR) is 91.3 cm³/mol. The topological polar surface area (TPSA) is 24.9 Å². The first kappa shape index (κ1) is 15.5. The molecule has 0 radical (unpaired) electrons. The molecule has 1 heterocycles. The summed E-state index contributed by atoms with van der Waals surface area (Å²) in [5, 5.41) is 5.00. The molecular formula is C18H30N2S. The van der Waals surface area contributed by atoms with E-state index in [9.17, 15) is 0 Å². The second kappa shape index (κ2) is 7.23. The summed E-state index contributed by atoms with van der Waals surface area (Å²) >= 11 is 2.05. The third-order valence-electron chi connectivity index (χ3n) is 5.50. The van der Waals surface area contributed by atoms with E-state index in [2.05, 4.69) is 19.2 Å². The van der Waals surface area contributed by atoms with Crippen molar-refractivity contribution in [3.63, 3.8) is 0 Å². The summed E-state index contributed by atoms with van der Waals surface area (Å²) in [4.78, 5) is 6.75. The van der Waals surface area contributed by atoms with Crippen molar-refractivity contribution in [1.82, 2.24) is 10.3 Å². The minimum Gasteiger partial charge on any atom is -0.316 e. The Morgan fingerprint density at radius 3 is 2.67 bits per heavy atom. The Balaban J connectivity index is 1.69. The van der Waals surface area contributed by atoms with Gasteiger partial charge in [0, 0.05) is 23.3 Å². The summed E-state index contributed by atoms with van der Waals surface area (Å²) in [5.41, 5.74) is 1.46. The van der Waals surface area contributed by atoms with E-state index in [1.807, 2.05) is 11.3 Å². The van der Waals surface area contributed by atoms with E-state index >= 15 is 0 Å². The van der Waals surface area contributed by atoms with Crippen LogP contribution < -0.4 is 5.32 Å². The Hall–Kier alpha value is -0.410. The number of likely N-dealkylation sites (N-methyl/N-ethyl adjacent to an activating group) is 1. The highest BCUT2D eigenvalue weighted by Gasteiger charge is 2.28. The molecule has 0 amide bonds. The smallest absolute Gasteiger partial charge is 0.0962 e. The molecule has 1 saturated carbocycles. The Kier molecular flexibility index (Phi) is 5.33. The van der Waals surface area contributed by atoms with E-state index in [0.717, 1.165) is 24.9 Å². The number of hydrogen-bond acceptors (Lipinski definition) is 3. The minimum atomic E-state index is 0.672. The molecule has 21 heavy (non-hydrogen) atoms. The number of hydrogen-bond donors (Lipinski definition) is 1. The van der Waals surface area contributed by atoms with Gasteiger partial charge in [-0.3, -0.25) is 0 Å². The fraction of sp³-hybridized carbons (Fsp3) is 0.833. The number of aryl methyl sites for hydroxylation is 1. The summed E-state index contributed by atoms with van der Waals surface area (Å²) in [6.07, 6.45) is 10.9. The van der Waals surface area contributed by atoms with Crippen LogP contribution >= 0.6 is 11.3 Å². The molecule has 2 aliphatic rings. The van der Waals surface area contributed by atoms with Crippen molar-refractivity contribution in [2.75, 3.05) is 13.1 Å².